The van der Waals surface area contributed by atoms with Gasteiger partial charge in [0.2, 0.25) is 0 Å². The second kappa shape index (κ2) is 9.97. The third-order valence-corrected chi connectivity index (χ3v) is 9.06. The first kappa shape index (κ1) is 20.3. The van der Waals surface area contributed by atoms with Gasteiger partial charge in [-0.3, -0.25) is 0 Å². The van der Waals surface area contributed by atoms with E-state index in [0.29, 0.717) is 33.9 Å². The lowest BCUT2D eigenvalue weighted by atomic mass is 10.00. The van der Waals surface area contributed by atoms with Crippen molar-refractivity contribution in [3.8, 4) is 45.3 Å². The molecule has 206 valence electrons. The summed E-state index contributed by atoms with van der Waals surface area (Å²) in [5, 5.41) is 4.16. The van der Waals surface area contributed by atoms with Crippen LogP contribution < -0.4 is 0 Å². The van der Waals surface area contributed by atoms with E-state index < -0.39 is 18.1 Å². The van der Waals surface area contributed by atoms with E-state index in [1.165, 1.54) is 20.2 Å². The molecule has 0 saturated heterocycles. The van der Waals surface area contributed by atoms with Crippen LogP contribution in [-0.4, -0.2) is 15.0 Å². The van der Waals surface area contributed by atoms with Crippen molar-refractivity contribution in [3.05, 3.63) is 139 Å². The minimum absolute atomic E-state index is 0.00984. The fourth-order valence-corrected chi connectivity index (χ4v) is 7.08. The molecule has 0 spiro atoms. The predicted octanol–water partition coefficient (Wildman–Crippen LogP) is 10.8. The van der Waals surface area contributed by atoms with Gasteiger partial charge in [-0.05, 0) is 35.4 Å². The second-order valence-corrected chi connectivity index (χ2v) is 11.5. The minimum atomic E-state index is -0.478. The molecule has 0 fully saturated rings. The maximum atomic E-state index is 8.62. The zero-order chi connectivity index (χ0) is 33.4. The molecule has 0 unspecified atom stereocenters. The molecular formula is C39H23N3OS. The van der Waals surface area contributed by atoms with E-state index in [1.807, 2.05) is 48.5 Å². The molecule has 6 aromatic carbocycles. The maximum Gasteiger partial charge on any atom is 0.164 e. The number of benzene rings is 6. The molecule has 0 aliphatic carbocycles. The van der Waals surface area contributed by atoms with E-state index in [1.54, 1.807) is 11.3 Å². The van der Waals surface area contributed by atoms with E-state index in [0.717, 1.165) is 21.9 Å². The zero-order valence-electron chi connectivity index (χ0n) is 28.1. The molecule has 0 saturated carbocycles. The Hall–Kier alpha value is -5.65. The number of hydrogen-bond acceptors (Lipinski definition) is 5. The molecule has 5 heteroatoms. The van der Waals surface area contributed by atoms with Gasteiger partial charge in [-0.25, -0.2) is 15.0 Å². The quantitative estimate of drug-likeness (QED) is 0.206. The lowest BCUT2D eigenvalue weighted by molar-refractivity contribution is 0.669. The molecule has 4 nitrogen and oxygen atoms in total. The number of aromatic nitrogens is 3. The van der Waals surface area contributed by atoms with Gasteiger partial charge < -0.3 is 4.42 Å². The van der Waals surface area contributed by atoms with Crippen LogP contribution in [-0.2, 0) is 0 Å². The van der Waals surface area contributed by atoms with Crippen molar-refractivity contribution in [2.45, 2.75) is 0 Å². The number of nitrogens with zero attached hydrogens (tertiary/aromatic N) is 3. The van der Waals surface area contributed by atoms with Crippen LogP contribution in [0.1, 0.15) is 6.85 Å². The molecule has 0 aliphatic rings. The summed E-state index contributed by atoms with van der Waals surface area (Å²) >= 11 is 1.78. The van der Waals surface area contributed by atoms with Gasteiger partial charge in [0, 0.05) is 47.6 Å². The highest BCUT2D eigenvalue weighted by Gasteiger charge is 2.19. The molecule has 3 heterocycles. The fraction of sp³-hybridized carbons (Fsp3) is 0. The zero-order valence-corrected chi connectivity index (χ0v) is 23.9. The summed E-state index contributed by atoms with van der Waals surface area (Å²) < 4.78 is 50.8. The van der Waals surface area contributed by atoms with Crippen LogP contribution in [0.3, 0.4) is 0 Å². The SMILES string of the molecule is [2H]c1c([2H])c([2H])c(-c2nc(-c3ccccc3)nc(-c3cccc4oc5cc(-c6cccc7c6sc6ccccc67)ccc5c34)n2)c([2H])c1[2H]. The lowest BCUT2D eigenvalue weighted by Gasteiger charge is -2.09. The Morgan fingerprint density at radius 2 is 1.25 bits per heavy atom. The van der Waals surface area contributed by atoms with Crippen molar-refractivity contribution in [2.75, 3.05) is 0 Å². The van der Waals surface area contributed by atoms with Crippen LogP contribution in [0.25, 0.3) is 87.4 Å². The molecule has 44 heavy (non-hydrogen) atoms. The smallest absolute Gasteiger partial charge is 0.164 e. The Balaban J connectivity index is 1.26. The lowest BCUT2D eigenvalue weighted by Crippen LogP contribution is -2.00. The van der Waals surface area contributed by atoms with Gasteiger partial charge in [0.1, 0.15) is 11.2 Å². The highest BCUT2D eigenvalue weighted by molar-refractivity contribution is 7.26. The summed E-state index contributed by atoms with van der Waals surface area (Å²) in [6.45, 7) is 0. The second-order valence-electron chi connectivity index (χ2n) is 10.4. The summed E-state index contributed by atoms with van der Waals surface area (Å²) in [6, 6.07) is 34.0. The number of furan rings is 1. The van der Waals surface area contributed by atoms with E-state index >= 15 is 0 Å². The normalized spacial score (nSPS) is 13.2. The number of hydrogen-bond donors (Lipinski definition) is 0. The van der Waals surface area contributed by atoms with Crippen LogP contribution >= 0.6 is 11.3 Å². The summed E-state index contributed by atoms with van der Waals surface area (Å²) in [5.74, 6) is 0.600. The molecule has 0 amide bonds. The van der Waals surface area contributed by atoms with Gasteiger partial charge in [0.25, 0.3) is 0 Å². The Bertz CT molecular complexity index is 2770. The topological polar surface area (TPSA) is 51.8 Å². The van der Waals surface area contributed by atoms with Crippen LogP contribution in [0.4, 0.5) is 0 Å². The van der Waals surface area contributed by atoms with Crippen molar-refractivity contribution >= 4 is 53.4 Å². The van der Waals surface area contributed by atoms with E-state index in [4.69, 9.17) is 21.2 Å². The molecule has 0 bridgehead atoms. The van der Waals surface area contributed by atoms with Gasteiger partial charge in [0.15, 0.2) is 17.5 Å². The van der Waals surface area contributed by atoms with Crippen molar-refractivity contribution < 1.29 is 11.3 Å². The maximum absolute atomic E-state index is 8.62. The Labute approximate surface area is 264 Å². The monoisotopic (exact) mass is 586 g/mol. The standard InChI is InChI=1S/C39H23N3OS/c1-3-11-24(12-4-1)37-40-38(25-13-5-2-6-14-25)42-39(41-37)31-18-10-19-32-35(31)30-22-21-26(23-33(30)43-32)27-16-9-17-29-28-15-7-8-20-34(28)44-36(27)29/h1-23H/i1D,3D,4D,11D,12D. The average Bonchev–Trinajstić information content (AvgIpc) is 3.71. The highest BCUT2D eigenvalue weighted by Crippen LogP contribution is 2.42. The van der Waals surface area contributed by atoms with Crippen LogP contribution in [0.15, 0.2) is 144 Å². The van der Waals surface area contributed by atoms with E-state index in [9.17, 15) is 0 Å². The molecule has 9 aromatic rings. The van der Waals surface area contributed by atoms with Gasteiger partial charge >= 0.3 is 0 Å². The van der Waals surface area contributed by atoms with Crippen molar-refractivity contribution in [2.24, 2.45) is 0 Å². The van der Waals surface area contributed by atoms with E-state index in [-0.39, 0.29) is 23.5 Å². The molecule has 3 aromatic heterocycles. The first-order chi connectivity index (χ1) is 23.9. The highest BCUT2D eigenvalue weighted by atomic mass is 32.1. The van der Waals surface area contributed by atoms with Crippen LogP contribution in [0, 0.1) is 0 Å². The number of thiophene rings is 1. The Morgan fingerprint density at radius 3 is 2.14 bits per heavy atom. The van der Waals surface area contributed by atoms with Crippen molar-refractivity contribution in [3.63, 3.8) is 0 Å². The van der Waals surface area contributed by atoms with Crippen molar-refractivity contribution in [1.82, 2.24) is 15.0 Å². The molecular weight excluding hydrogens is 559 g/mol. The van der Waals surface area contributed by atoms with Gasteiger partial charge in [-0.1, -0.05) is 115 Å². The van der Waals surface area contributed by atoms with Gasteiger partial charge in [0.05, 0.1) is 6.85 Å². The number of rotatable bonds is 4. The largest absolute Gasteiger partial charge is 0.456 e. The summed E-state index contributed by atoms with van der Waals surface area (Å²) in [7, 11) is 0. The number of fused-ring (bicyclic) bond motifs is 6. The van der Waals surface area contributed by atoms with Crippen LogP contribution in [0.5, 0.6) is 0 Å². The summed E-state index contributed by atoms with van der Waals surface area (Å²) in [6.07, 6.45) is 0. The molecule has 0 atom stereocenters. The van der Waals surface area contributed by atoms with Gasteiger partial charge in [-0.2, -0.15) is 0 Å². The molecule has 0 radical (unpaired) electrons. The van der Waals surface area contributed by atoms with Crippen molar-refractivity contribution in [1.29, 1.82) is 0 Å². The first-order valence-electron chi connectivity index (χ1n) is 16.6. The Kier molecular flexibility index (Phi) is 4.60. The summed E-state index contributed by atoms with van der Waals surface area (Å²) in [4.78, 5) is 14.3. The molecule has 9 rings (SSSR count). The minimum Gasteiger partial charge on any atom is -0.456 e. The van der Waals surface area contributed by atoms with Crippen LogP contribution in [0.2, 0.25) is 0 Å². The molecule has 0 aliphatic heterocycles. The summed E-state index contributed by atoms with van der Waals surface area (Å²) in [5.41, 5.74) is 4.82. The third kappa shape index (κ3) is 4.02. The predicted molar refractivity (Wildman–Crippen MR) is 182 cm³/mol. The fourth-order valence-electron chi connectivity index (χ4n) is 5.84. The Morgan fingerprint density at radius 1 is 0.523 bits per heavy atom. The third-order valence-electron chi connectivity index (χ3n) is 7.84. The van der Waals surface area contributed by atoms with Gasteiger partial charge in [-0.15, -0.1) is 11.3 Å². The average molecular weight is 587 g/mol. The van der Waals surface area contributed by atoms with E-state index in [2.05, 4.69) is 65.6 Å². The molecule has 0 N–H and O–H groups in total. The first-order valence-corrected chi connectivity index (χ1v) is 14.9.